The van der Waals surface area contributed by atoms with Gasteiger partial charge in [-0.25, -0.2) is 4.39 Å². The molecule has 1 amide bonds. The lowest BCUT2D eigenvalue weighted by atomic mass is 10.1. The van der Waals surface area contributed by atoms with E-state index in [1.807, 2.05) is 31.2 Å². The molecule has 0 heterocycles. The van der Waals surface area contributed by atoms with Gasteiger partial charge in [0, 0.05) is 13.6 Å². The number of nitrogens with zero attached hydrogens (tertiary/aromatic N) is 1. The molecule has 0 aliphatic carbocycles. The van der Waals surface area contributed by atoms with Gasteiger partial charge in [-0.3, -0.25) is 4.79 Å². The van der Waals surface area contributed by atoms with E-state index in [2.05, 4.69) is 0 Å². The molecular formula is C16H16FNO2. The number of aryl methyl sites for hydroxylation is 1. The first-order valence-electron chi connectivity index (χ1n) is 6.27. The first-order chi connectivity index (χ1) is 9.49. The maximum absolute atomic E-state index is 13.6. The van der Waals surface area contributed by atoms with Crippen LogP contribution in [-0.4, -0.2) is 23.0 Å². The number of hydrogen-bond acceptors (Lipinski definition) is 2. The smallest absolute Gasteiger partial charge is 0.260 e. The fourth-order valence-electron chi connectivity index (χ4n) is 1.95. The fraction of sp³-hybridized carbons (Fsp3) is 0.188. The third-order valence-electron chi connectivity index (χ3n) is 3.09. The predicted molar refractivity (Wildman–Crippen MR) is 75.0 cm³/mol. The molecule has 0 saturated heterocycles. The highest BCUT2D eigenvalue weighted by molar-refractivity contribution is 5.96. The largest absolute Gasteiger partial charge is 0.507 e. The Bertz CT molecular complexity index is 603. The van der Waals surface area contributed by atoms with E-state index in [1.165, 1.54) is 17.0 Å². The van der Waals surface area contributed by atoms with Crippen LogP contribution < -0.4 is 0 Å². The summed E-state index contributed by atoms with van der Waals surface area (Å²) in [6.45, 7) is 2.34. The maximum atomic E-state index is 13.6. The number of carbonyl (C=O) groups is 1. The lowest BCUT2D eigenvalue weighted by Gasteiger charge is -2.18. The zero-order chi connectivity index (χ0) is 14.7. The van der Waals surface area contributed by atoms with Gasteiger partial charge in [0.15, 0.2) is 0 Å². The molecule has 0 aliphatic heterocycles. The van der Waals surface area contributed by atoms with Crippen molar-refractivity contribution >= 4 is 5.91 Å². The minimum atomic E-state index is -0.717. The zero-order valence-corrected chi connectivity index (χ0v) is 11.4. The Kier molecular flexibility index (Phi) is 4.03. The molecule has 0 spiro atoms. The monoisotopic (exact) mass is 273 g/mol. The first kappa shape index (κ1) is 14.1. The van der Waals surface area contributed by atoms with E-state index < -0.39 is 11.7 Å². The molecule has 1 N–H and O–H groups in total. The second kappa shape index (κ2) is 5.74. The highest BCUT2D eigenvalue weighted by atomic mass is 19.1. The molecular weight excluding hydrogens is 257 g/mol. The number of phenols is 1. The van der Waals surface area contributed by atoms with E-state index in [0.717, 1.165) is 17.2 Å². The molecule has 0 unspecified atom stereocenters. The predicted octanol–water partition coefficient (Wildman–Crippen LogP) is 3.11. The third-order valence-corrected chi connectivity index (χ3v) is 3.09. The molecule has 104 valence electrons. The molecule has 0 aliphatic rings. The van der Waals surface area contributed by atoms with Crippen LogP contribution in [0.1, 0.15) is 21.5 Å². The number of phenolic OH excluding ortho intramolecular Hbond substituents is 1. The van der Waals surface area contributed by atoms with Crippen LogP contribution >= 0.6 is 0 Å². The topological polar surface area (TPSA) is 40.5 Å². The van der Waals surface area contributed by atoms with Crippen molar-refractivity contribution in [1.29, 1.82) is 0 Å². The molecule has 2 rings (SSSR count). The summed E-state index contributed by atoms with van der Waals surface area (Å²) in [7, 11) is 1.58. The van der Waals surface area contributed by atoms with E-state index in [9.17, 15) is 14.3 Å². The molecule has 20 heavy (non-hydrogen) atoms. The average molecular weight is 273 g/mol. The summed E-state index contributed by atoms with van der Waals surface area (Å²) in [6.07, 6.45) is 0. The number of hydrogen-bond donors (Lipinski definition) is 1. The van der Waals surface area contributed by atoms with Crippen molar-refractivity contribution in [3.05, 3.63) is 65.0 Å². The van der Waals surface area contributed by atoms with Crippen molar-refractivity contribution in [2.75, 3.05) is 7.05 Å². The van der Waals surface area contributed by atoms with Gasteiger partial charge in [0.05, 0.1) is 0 Å². The van der Waals surface area contributed by atoms with Gasteiger partial charge in [-0.2, -0.15) is 0 Å². The molecule has 0 atom stereocenters. The number of aromatic hydroxyl groups is 1. The molecule has 0 aromatic heterocycles. The van der Waals surface area contributed by atoms with Crippen LogP contribution in [0.2, 0.25) is 0 Å². The third kappa shape index (κ3) is 2.96. The summed E-state index contributed by atoms with van der Waals surface area (Å²) in [4.78, 5) is 13.6. The van der Waals surface area contributed by atoms with Gasteiger partial charge < -0.3 is 10.0 Å². The number of halogens is 1. The molecule has 3 nitrogen and oxygen atoms in total. The SMILES string of the molecule is Cc1ccc(CN(C)C(=O)c2c(O)cccc2F)cc1. The molecule has 2 aromatic rings. The van der Waals surface area contributed by atoms with Crippen LogP contribution in [0.3, 0.4) is 0 Å². The maximum Gasteiger partial charge on any atom is 0.260 e. The van der Waals surface area contributed by atoms with E-state index in [4.69, 9.17) is 0 Å². The lowest BCUT2D eigenvalue weighted by molar-refractivity contribution is 0.0777. The fourth-order valence-corrected chi connectivity index (χ4v) is 1.95. The van der Waals surface area contributed by atoms with Crippen molar-refractivity contribution in [1.82, 2.24) is 4.90 Å². The van der Waals surface area contributed by atoms with Crippen molar-refractivity contribution in [2.45, 2.75) is 13.5 Å². The summed E-state index contributed by atoms with van der Waals surface area (Å²) in [5.74, 6) is -1.60. The van der Waals surface area contributed by atoms with Crippen molar-refractivity contribution < 1.29 is 14.3 Å². The Morgan fingerprint density at radius 1 is 1.20 bits per heavy atom. The highest BCUT2D eigenvalue weighted by Gasteiger charge is 2.20. The zero-order valence-electron chi connectivity index (χ0n) is 11.4. The summed E-state index contributed by atoms with van der Waals surface area (Å²) < 4.78 is 13.6. The minimum Gasteiger partial charge on any atom is -0.507 e. The minimum absolute atomic E-state index is 0.290. The Morgan fingerprint density at radius 2 is 1.85 bits per heavy atom. The van der Waals surface area contributed by atoms with Crippen LogP contribution in [0.25, 0.3) is 0 Å². The quantitative estimate of drug-likeness (QED) is 0.933. The van der Waals surface area contributed by atoms with E-state index >= 15 is 0 Å². The van der Waals surface area contributed by atoms with E-state index in [-0.39, 0.29) is 11.3 Å². The van der Waals surface area contributed by atoms with Gasteiger partial charge in [-0.05, 0) is 24.6 Å². The molecule has 0 fully saturated rings. The molecule has 2 aromatic carbocycles. The number of amides is 1. The number of rotatable bonds is 3. The lowest BCUT2D eigenvalue weighted by Crippen LogP contribution is -2.27. The Morgan fingerprint density at radius 3 is 2.45 bits per heavy atom. The normalized spacial score (nSPS) is 10.3. The van der Waals surface area contributed by atoms with Crippen LogP contribution in [0, 0.1) is 12.7 Å². The van der Waals surface area contributed by atoms with Gasteiger partial charge in [-0.15, -0.1) is 0 Å². The standard InChI is InChI=1S/C16H16FNO2/c1-11-6-8-12(9-7-11)10-18(2)16(20)15-13(17)4-3-5-14(15)19/h3-9,19H,10H2,1-2H3. The number of carbonyl (C=O) groups excluding carboxylic acids is 1. The summed E-state index contributed by atoms with van der Waals surface area (Å²) in [5, 5.41) is 9.63. The van der Waals surface area contributed by atoms with Crippen LogP contribution in [-0.2, 0) is 6.54 Å². The van der Waals surface area contributed by atoms with Gasteiger partial charge in [-0.1, -0.05) is 35.9 Å². The number of benzene rings is 2. The van der Waals surface area contributed by atoms with E-state index in [0.29, 0.717) is 6.54 Å². The van der Waals surface area contributed by atoms with Crippen LogP contribution in [0.5, 0.6) is 5.75 Å². The Labute approximate surface area is 117 Å². The van der Waals surface area contributed by atoms with Gasteiger partial charge in [0.1, 0.15) is 17.1 Å². The summed E-state index contributed by atoms with van der Waals surface area (Å²) in [5.41, 5.74) is 1.79. The second-order valence-electron chi connectivity index (χ2n) is 4.78. The molecule has 0 saturated carbocycles. The van der Waals surface area contributed by atoms with Gasteiger partial charge in [0.2, 0.25) is 0 Å². The summed E-state index contributed by atoms with van der Waals surface area (Å²) in [6, 6.07) is 11.6. The van der Waals surface area contributed by atoms with Crippen molar-refractivity contribution in [3.8, 4) is 5.75 Å². The van der Waals surface area contributed by atoms with Crippen LogP contribution in [0.15, 0.2) is 42.5 Å². The first-order valence-corrected chi connectivity index (χ1v) is 6.27. The second-order valence-corrected chi connectivity index (χ2v) is 4.78. The average Bonchev–Trinajstić information content (AvgIpc) is 2.41. The Hall–Kier alpha value is -2.36. The van der Waals surface area contributed by atoms with Gasteiger partial charge >= 0.3 is 0 Å². The van der Waals surface area contributed by atoms with Gasteiger partial charge in [0.25, 0.3) is 5.91 Å². The summed E-state index contributed by atoms with van der Waals surface area (Å²) >= 11 is 0. The molecule has 0 radical (unpaired) electrons. The molecule has 4 heteroatoms. The van der Waals surface area contributed by atoms with E-state index in [1.54, 1.807) is 7.05 Å². The van der Waals surface area contributed by atoms with Crippen molar-refractivity contribution in [2.24, 2.45) is 0 Å². The Balaban J connectivity index is 2.18. The molecule has 0 bridgehead atoms. The van der Waals surface area contributed by atoms with Crippen molar-refractivity contribution in [3.63, 3.8) is 0 Å². The highest BCUT2D eigenvalue weighted by Crippen LogP contribution is 2.22. The van der Waals surface area contributed by atoms with Crippen LogP contribution in [0.4, 0.5) is 4.39 Å².